The second kappa shape index (κ2) is 6.80. The molecule has 1 saturated heterocycles. The predicted octanol–water partition coefficient (Wildman–Crippen LogP) is 1.64. The molecule has 0 saturated carbocycles. The Balaban J connectivity index is 2.36. The van der Waals surface area contributed by atoms with Gasteiger partial charge in [-0.1, -0.05) is 13.0 Å². The van der Waals surface area contributed by atoms with Gasteiger partial charge in [0.25, 0.3) is 0 Å². The van der Waals surface area contributed by atoms with Crippen LogP contribution in [0.3, 0.4) is 0 Å². The Bertz CT molecular complexity index is 504. The molecule has 1 amide bonds. The third-order valence-electron chi connectivity index (χ3n) is 4.00. The maximum atomic E-state index is 12.0. The van der Waals surface area contributed by atoms with Gasteiger partial charge in [0, 0.05) is 37.4 Å². The minimum Gasteiger partial charge on any atom is -0.496 e. The Hall–Kier alpha value is -1.75. The fourth-order valence-corrected chi connectivity index (χ4v) is 2.79. The van der Waals surface area contributed by atoms with E-state index >= 15 is 0 Å². The summed E-state index contributed by atoms with van der Waals surface area (Å²) in [4.78, 5) is 15.9. The lowest BCUT2D eigenvalue weighted by atomic mass is 10.0. The molecule has 5 nitrogen and oxygen atoms in total. The number of nitrogens with zero attached hydrogens (tertiary/aromatic N) is 2. The van der Waals surface area contributed by atoms with Crippen molar-refractivity contribution in [3.63, 3.8) is 0 Å². The topological polar surface area (TPSA) is 44.8 Å². The Morgan fingerprint density at radius 2 is 2.14 bits per heavy atom. The monoisotopic (exact) mass is 291 g/mol. The number of amides is 1. The van der Waals surface area contributed by atoms with Gasteiger partial charge in [-0.2, -0.15) is 0 Å². The average molecular weight is 291 g/mol. The number of carbonyl (C=O) groups excluding carboxylic acids is 1. The summed E-state index contributed by atoms with van der Waals surface area (Å²) in [6.07, 6.45) is 0. The number of methoxy groups -OCH3 is 1. The lowest BCUT2D eigenvalue weighted by molar-refractivity contribution is -0.129. The van der Waals surface area contributed by atoms with Crippen LogP contribution < -0.4 is 15.0 Å². The first-order valence-corrected chi connectivity index (χ1v) is 7.47. The molecule has 2 rings (SSSR count). The second-order valence-corrected chi connectivity index (χ2v) is 5.41. The van der Waals surface area contributed by atoms with Crippen LogP contribution in [0.15, 0.2) is 18.2 Å². The zero-order chi connectivity index (χ0) is 15.4. The summed E-state index contributed by atoms with van der Waals surface area (Å²) >= 11 is 0. The minimum atomic E-state index is 0.158. The van der Waals surface area contributed by atoms with E-state index in [1.807, 2.05) is 19.2 Å². The lowest BCUT2D eigenvalue weighted by Crippen LogP contribution is -2.49. The lowest BCUT2D eigenvalue weighted by Gasteiger charge is -2.35. The number of carbonyl (C=O) groups is 1. The van der Waals surface area contributed by atoms with Crippen LogP contribution in [-0.4, -0.2) is 51.1 Å². The van der Waals surface area contributed by atoms with Gasteiger partial charge in [0.15, 0.2) is 0 Å². The molecule has 0 aromatic heterocycles. The normalized spacial score (nSPS) is 17.0. The number of nitrogens with one attached hydrogen (secondary N) is 1. The number of hydrogen-bond donors (Lipinski definition) is 1. The molecule has 1 unspecified atom stereocenters. The largest absolute Gasteiger partial charge is 0.496 e. The summed E-state index contributed by atoms with van der Waals surface area (Å²) in [5.41, 5.74) is 2.21. The highest BCUT2D eigenvalue weighted by Gasteiger charge is 2.25. The standard InChI is InChI=1S/C16H25N3O2/c1-5-17-12(2)16-13(7-6-8-14(16)21-4)19-10-9-18(3)15(20)11-19/h6-8,12,17H,5,9-11H2,1-4H3. The van der Waals surface area contributed by atoms with E-state index in [1.54, 1.807) is 12.0 Å². The van der Waals surface area contributed by atoms with Crippen molar-refractivity contribution in [3.05, 3.63) is 23.8 Å². The summed E-state index contributed by atoms with van der Waals surface area (Å²) in [6, 6.07) is 6.21. The fourth-order valence-electron chi connectivity index (χ4n) is 2.79. The highest BCUT2D eigenvalue weighted by atomic mass is 16.5. The molecular weight excluding hydrogens is 266 g/mol. The zero-order valence-corrected chi connectivity index (χ0v) is 13.3. The number of benzene rings is 1. The summed E-state index contributed by atoms with van der Waals surface area (Å²) in [6.45, 7) is 7.13. The van der Waals surface area contributed by atoms with E-state index in [4.69, 9.17) is 4.74 Å². The molecule has 0 aliphatic carbocycles. The number of ether oxygens (including phenoxy) is 1. The highest BCUT2D eigenvalue weighted by Crippen LogP contribution is 2.35. The van der Waals surface area contributed by atoms with Gasteiger partial charge in [0.1, 0.15) is 5.75 Å². The molecule has 1 aromatic carbocycles. The number of piperazine rings is 1. The van der Waals surface area contributed by atoms with Crippen molar-refractivity contribution in [2.75, 3.05) is 45.2 Å². The molecule has 1 fully saturated rings. The third-order valence-corrected chi connectivity index (χ3v) is 4.00. The van der Waals surface area contributed by atoms with Crippen LogP contribution >= 0.6 is 0 Å². The van der Waals surface area contributed by atoms with Gasteiger partial charge in [-0.05, 0) is 25.6 Å². The summed E-state index contributed by atoms with van der Waals surface area (Å²) in [5, 5.41) is 3.43. The van der Waals surface area contributed by atoms with E-state index in [9.17, 15) is 4.79 Å². The summed E-state index contributed by atoms with van der Waals surface area (Å²) in [7, 11) is 3.55. The Morgan fingerprint density at radius 3 is 2.76 bits per heavy atom. The Morgan fingerprint density at radius 1 is 1.38 bits per heavy atom. The highest BCUT2D eigenvalue weighted by molar-refractivity contribution is 5.83. The number of likely N-dealkylation sites (N-methyl/N-ethyl adjacent to an activating group) is 1. The third kappa shape index (κ3) is 3.29. The fraction of sp³-hybridized carbons (Fsp3) is 0.562. The molecule has 0 spiro atoms. The molecule has 1 aromatic rings. The van der Waals surface area contributed by atoms with Gasteiger partial charge < -0.3 is 19.9 Å². The van der Waals surface area contributed by atoms with Gasteiger partial charge in [-0.25, -0.2) is 0 Å². The molecule has 1 N–H and O–H groups in total. The van der Waals surface area contributed by atoms with Gasteiger partial charge in [0.05, 0.1) is 13.7 Å². The van der Waals surface area contributed by atoms with Crippen LogP contribution in [-0.2, 0) is 4.79 Å². The van der Waals surface area contributed by atoms with E-state index in [-0.39, 0.29) is 11.9 Å². The van der Waals surface area contributed by atoms with Crippen LogP contribution in [0.5, 0.6) is 5.75 Å². The van der Waals surface area contributed by atoms with Crippen molar-refractivity contribution < 1.29 is 9.53 Å². The van der Waals surface area contributed by atoms with Crippen molar-refractivity contribution in [2.24, 2.45) is 0 Å². The van der Waals surface area contributed by atoms with Crippen LogP contribution in [0.4, 0.5) is 5.69 Å². The van der Waals surface area contributed by atoms with E-state index < -0.39 is 0 Å². The Labute approximate surface area is 126 Å². The summed E-state index contributed by atoms with van der Waals surface area (Å²) < 4.78 is 5.53. The first kappa shape index (κ1) is 15.6. The zero-order valence-electron chi connectivity index (χ0n) is 13.3. The van der Waals surface area contributed by atoms with Crippen molar-refractivity contribution in [1.82, 2.24) is 10.2 Å². The van der Waals surface area contributed by atoms with Crippen molar-refractivity contribution in [3.8, 4) is 5.75 Å². The first-order chi connectivity index (χ1) is 10.1. The van der Waals surface area contributed by atoms with E-state index in [0.717, 1.165) is 36.6 Å². The van der Waals surface area contributed by atoms with Crippen LogP contribution in [0.25, 0.3) is 0 Å². The first-order valence-electron chi connectivity index (χ1n) is 7.47. The maximum Gasteiger partial charge on any atom is 0.241 e. The molecule has 1 atom stereocenters. The smallest absolute Gasteiger partial charge is 0.241 e. The molecular formula is C16H25N3O2. The summed E-state index contributed by atoms with van der Waals surface area (Å²) in [5.74, 6) is 1.03. The number of hydrogen-bond acceptors (Lipinski definition) is 4. The van der Waals surface area contributed by atoms with E-state index in [0.29, 0.717) is 6.54 Å². The number of anilines is 1. The maximum absolute atomic E-state index is 12.0. The molecule has 0 bridgehead atoms. The van der Waals surface area contributed by atoms with Crippen molar-refractivity contribution in [1.29, 1.82) is 0 Å². The molecule has 116 valence electrons. The molecule has 1 aliphatic rings. The number of rotatable bonds is 5. The SMILES string of the molecule is CCNC(C)c1c(OC)cccc1N1CCN(C)C(=O)C1. The molecule has 5 heteroatoms. The van der Waals surface area contributed by atoms with Crippen LogP contribution in [0.1, 0.15) is 25.5 Å². The quantitative estimate of drug-likeness (QED) is 0.896. The van der Waals surface area contributed by atoms with Gasteiger partial charge in [-0.3, -0.25) is 4.79 Å². The van der Waals surface area contributed by atoms with Crippen molar-refractivity contribution >= 4 is 11.6 Å². The molecule has 21 heavy (non-hydrogen) atoms. The second-order valence-electron chi connectivity index (χ2n) is 5.41. The molecule has 0 radical (unpaired) electrons. The van der Waals surface area contributed by atoms with Crippen molar-refractivity contribution in [2.45, 2.75) is 19.9 Å². The van der Waals surface area contributed by atoms with E-state index in [2.05, 4.69) is 30.1 Å². The van der Waals surface area contributed by atoms with E-state index in [1.165, 1.54) is 0 Å². The van der Waals surface area contributed by atoms with Crippen LogP contribution in [0, 0.1) is 0 Å². The van der Waals surface area contributed by atoms with Crippen LogP contribution in [0.2, 0.25) is 0 Å². The van der Waals surface area contributed by atoms with Gasteiger partial charge in [-0.15, -0.1) is 0 Å². The predicted molar refractivity (Wildman–Crippen MR) is 84.9 cm³/mol. The average Bonchev–Trinajstić information content (AvgIpc) is 2.49. The van der Waals surface area contributed by atoms with Gasteiger partial charge in [0.2, 0.25) is 5.91 Å². The molecule has 1 heterocycles. The Kier molecular flexibility index (Phi) is 5.07. The minimum absolute atomic E-state index is 0.158. The molecule has 1 aliphatic heterocycles. The van der Waals surface area contributed by atoms with Gasteiger partial charge >= 0.3 is 0 Å².